The summed E-state index contributed by atoms with van der Waals surface area (Å²) < 4.78 is 0. The summed E-state index contributed by atoms with van der Waals surface area (Å²) in [6, 6.07) is 14.5. The van der Waals surface area contributed by atoms with E-state index in [4.69, 9.17) is 0 Å². The maximum atomic E-state index is 11.8. The van der Waals surface area contributed by atoms with Crippen molar-refractivity contribution >= 4 is 11.5 Å². The molecule has 2 aromatic carbocycles. The summed E-state index contributed by atoms with van der Waals surface area (Å²) in [5.74, 6) is 0.108. The Kier molecular flexibility index (Phi) is 5.26. The van der Waals surface area contributed by atoms with Crippen molar-refractivity contribution in [2.75, 3.05) is 7.05 Å². The predicted molar refractivity (Wildman–Crippen MR) is 93.2 cm³/mol. The van der Waals surface area contributed by atoms with Crippen molar-refractivity contribution in [3.63, 3.8) is 0 Å². The van der Waals surface area contributed by atoms with E-state index >= 15 is 0 Å². The smallest absolute Gasteiger partial charge is 0.160 e. The number of aliphatic imine (C=N–C) groups is 1. The Hall–Kier alpha value is -2.22. The molecule has 0 saturated carbocycles. The Morgan fingerprint density at radius 1 is 1.09 bits per heavy atom. The van der Waals surface area contributed by atoms with E-state index in [0.29, 0.717) is 0 Å². The number of ketones is 1. The monoisotopic (exact) mass is 293 g/mol. The molecule has 0 aliphatic heterocycles. The molecule has 0 bridgehead atoms. The summed E-state index contributed by atoms with van der Waals surface area (Å²) in [6.07, 6.45) is 1.72. The van der Waals surface area contributed by atoms with Gasteiger partial charge in [0.25, 0.3) is 0 Å². The van der Waals surface area contributed by atoms with Gasteiger partial charge < -0.3 is 0 Å². The van der Waals surface area contributed by atoms with Gasteiger partial charge in [0.15, 0.2) is 5.78 Å². The first-order valence-corrected chi connectivity index (χ1v) is 7.71. The van der Waals surface area contributed by atoms with Gasteiger partial charge in [-0.1, -0.05) is 43.3 Å². The normalized spacial score (nSPS) is 11.5. The first kappa shape index (κ1) is 16.2. The van der Waals surface area contributed by atoms with Crippen molar-refractivity contribution in [2.24, 2.45) is 4.99 Å². The molecule has 0 spiro atoms. The summed E-state index contributed by atoms with van der Waals surface area (Å²) in [7, 11) is 1.82. The molecule has 0 unspecified atom stereocenters. The van der Waals surface area contributed by atoms with Crippen molar-refractivity contribution in [3.8, 4) is 0 Å². The molecule has 22 heavy (non-hydrogen) atoms. The Morgan fingerprint density at radius 2 is 1.77 bits per heavy atom. The highest BCUT2D eigenvalue weighted by molar-refractivity contribution is 6.06. The highest BCUT2D eigenvalue weighted by Gasteiger charge is 2.14. The zero-order valence-corrected chi connectivity index (χ0v) is 13.8. The van der Waals surface area contributed by atoms with Crippen molar-refractivity contribution in [2.45, 2.75) is 33.6 Å². The van der Waals surface area contributed by atoms with Gasteiger partial charge in [0.2, 0.25) is 0 Å². The number of hydrogen-bond acceptors (Lipinski definition) is 2. The summed E-state index contributed by atoms with van der Waals surface area (Å²) in [6.45, 7) is 5.76. The molecule has 0 aliphatic carbocycles. The quantitative estimate of drug-likeness (QED) is 0.592. The topological polar surface area (TPSA) is 29.4 Å². The lowest BCUT2D eigenvalue weighted by atomic mass is 9.91. The van der Waals surface area contributed by atoms with Crippen LogP contribution in [0.4, 0.5) is 0 Å². The van der Waals surface area contributed by atoms with E-state index in [-0.39, 0.29) is 5.78 Å². The number of hydrogen-bond donors (Lipinski definition) is 0. The fraction of sp³-hybridized carbons (Fsp3) is 0.300. The van der Waals surface area contributed by atoms with E-state index in [2.05, 4.69) is 30.1 Å². The molecule has 0 amide bonds. The van der Waals surface area contributed by atoms with Crippen LogP contribution < -0.4 is 0 Å². The largest absolute Gasteiger partial charge is 0.295 e. The average molecular weight is 293 g/mol. The molecule has 2 aromatic rings. The molecule has 0 heterocycles. The van der Waals surface area contributed by atoms with Crippen molar-refractivity contribution < 1.29 is 4.79 Å². The van der Waals surface area contributed by atoms with Gasteiger partial charge in [-0.3, -0.25) is 9.79 Å². The van der Waals surface area contributed by atoms with Crippen molar-refractivity contribution in [1.82, 2.24) is 0 Å². The number of rotatable bonds is 5. The van der Waals surface area contributed by atoms with Crippen molar-refractivity contribution in [3.05, 3.63) is 70.3 Å². The third-order valence-corrected chi connectivity index (χ3v) is 4.01. The van der Waals surface area contributed by atoms with Crippen molar-refractivity contribution in [1.29, 1.82) is 0 Å². The first-order valence-electron chi connectivity index (χ1n) is 7.71. The Morgan fingerprint density at radius 3 is 2.32 bits per heavy atom. The second-order valence-electron chi connectivity index (χ2n) is 5.57. The second-order valence-corrected chi connectivity index (χ2v) is 5.57. The van der Waals surface area contributed by atoms with Crippen LogP contribution in [0.1, 0.15) is 46.5 Å². The zero-order valence-electron chi connectivity index (χ0n) is 13.8. The van der Waals surface area contributed by atoms with Gasteiger partial charge in [-0.05, 0) is 48.6 Å². The molecule has 2 heteroatoms. The molecular weight excluding hydrogens is 270 g/mol. The molecule has 2 rings (SSSR count). The average Bonchev–Trinajstić information content (AvgIpc) is 2.53. The fourth-order valence-corrected chi connectivity index (χ4v) is 2.79. The molecule has 0 fully saturated rings. The number of Topliss-reactive ketones (excluding diaryl/α,β-unsaturated/α-hetero) is 1. The third-order valence-electron chi connectivity index (χ3n) is 4.01. The second kappa shape index (κ2) is 7.17. The summed E-state index contributed by atoms with van der Waals surface area (Å²) in [4.78, 5) is 16.3. The van der Waals surface area contributed by atoms with E-state index < -0.39 is 0 Å². The number of carbonyl (C=O) groups excluding carboxylic acids is 1. The lowest BCUT2D eigenvalue weighted by Gasteiger charge is -2.14. The van der Waals surface area contributed by atoms with Gasteiger partial charge in [0, 0.05) is 24.7 Å². The Bertz CT molecular complexity index is 699. The molecule has 0 atom stereocenters. The maximum absolute atomic E-state index is 11.8. The number of nitrogens with zero attached hydrogens (tertiary/aromatic N) is 1. The van der Waals surface area contributed by atoms with E-state index in [1.165, 1.54) is 11.1 Å². The highest BCUT2D eigenvalue weighted by Crippen LogP contribution is 2.20. The minimum Gasteiger partial charge on any atom is -0.295 e. The van der Waals surface area contributed by atoms with E-state index in [1.807, 2.05) is 38.2 Å². The van der Waals surface area contributed by atoms with E-state index in [1.54, 1.807) is 6.92 Å². The van der Waals surface area contributed by atoms with Gasteiger partial charge in [-0.2, -0.15) is 0 Å². The number of benzene rings is 2. The summed E-state index contributed by atoms with van der Waals surface area (Å²) in [5.41, 5.74) is 6.45. The molecule has 0 N–H and O–H groups in total. The summed E-state index contributed by atoms with van der Waals surface area (Å²) >= 11 is 0. The zero-order chi connectivity index (χ0) is 16.1. The maximum Gasteiger partial charge on any atom is 0.160 e. The molecule has 0 radical (unpaired) electrons. The van der Waals surface area contributed by atoms with Gasteiger partial charge >= 0.3 is 0 Å². The van der Waals surface area contributed by atoms with E-state index in [0.717, 1.165) is 35.2 Å². The molecule has 2 nitrogen and oxygen atoms in total. The molecule has 0 aromatic heterocycles. The van der Waals surface area contributed by atoms with Crippen LogP contribution in [0.5, 0.6) is 0 Å². The van der Waals surface area contributed by atoms with Crippen LogP contribution in [0.2, 0.25) is 0 Å². The van der Waals surface area contributed by atoms with Crippen LogP contribution in [-0.2, 0) is 12.8 Å². The summed E-state index contributed by atoms with van der Waals surface area (Å²) in [5, 5.41) is 0. The van der Waals surface area contributed by atoms with Crippen LogP contribution in [0, 0.1) is 6.92 Å². The standard InChI is InChI=1S/C20H23NO/c1-5-17-11-14(2)18(15(3)22)13-19(17)20(21-4)12-16-9-7-6-8-10-16/h6-11,13H,5,12H2,1-4H3. The van der Waals surface area contributed by atoms with Gasteiger partial charge in [-0.15, -0.1) is 0 Å². The Balaban J connectivity index is 2.48. The molecule has 0 saturated heterocycles. The molecular formula is C20H23NO. The number of aryl methyl sites for hydroxylation is 2. The van der Waals surface area contributed by atoms with Gasteiger partial charge in [0.05, 0.1) is 0 Å². The van der Waals surface area contributed by atoms with Crippen LogP contribution in [-0.4, -0.2) is 18.5 Å². The molecule has 0 aliphatic rings. The SMILES string of the molecule is CCc1cc(C)c(C(C)=O)cc1C(Cc1ccccc1)=NC. The van der Waals surface area contributed by atoms with Gasteiger partial charge in [0.1, 0.15) is 0 Å². The van der Waals surface area contributed by atoms with Crippen LogP contribution in [0.15, 0.2) is 47.5 Å². The van der Waals surface area contributed by atoms with E-state index in [9.17, 15) is 4.79 Å². The lowest BCUT2D eigenvalue weighted by Crippen LogP contribution is -2.11. The highest BCUT2D eigenvalue weighted by atomic mass is 16.1. The minimum atomic E-state index is 0.108. The lowest BCUT2D eigenvalue weighted by molar-refractivity contribution is 0.101. The third kappa shape index (κ3) is 3.51. The van der Waals surface area contributed by atoms with Gasteiger partial charge in [-0.25, -0.2) is 0 Å². The fourth-order valence-electron chi connectivity index (χ4n) is 2.79. The molecule has 114 valence electrons. The minimum absolute atomic E-state index is 0.108. The van der Waals surface area contributed by atoms with Crippen LogP contribution in [0.25, 0.3) is 0 Å². The Labute approximate surface area is 132 Å². The van der Waals surface area contributed by atoms with Crippen LogP contribution in [0.3, 0.4) is 0 Å². The first-order chi connectivity index (χ1) is 10.6. The van der Waals surface area contributed by atoms with Crippen LogP contribution >= 0.6 is 0 Å². The predicted octanol–water partition coefficient (Wildman–Crippen LogP) is 4.42. The number of carbonyl (C=O) groups is 1.